The molecule has 4 rings (SSSR count). The predicted molar refractivity (Wildman–Crippen MR) is 124 cm³/mol. The Bertz CT molecular complexity index is 968. The zero-order valence-electron chi connectivity index (χ0n) is 17.7. The Hall–Kier alpha value is -2.26. The van der Waals surface area contributed by atoms with Crippen molar-refractivity contribution in [2.75, 3.05) is 39.4 Å². The second-order valence-corrected chi connectivity index (χ2v) is 9.39. The van der Waals surface area contributed by atoms with Gasteiger partial charge in [0.15, 0.2) is 0 Å². The molecule has 0 radical (unpaired) electrons. The molecule has 1 aliphatic rings. The standard InChI is InChI=1S/C23H27N3O3S2/c1-18-4-2-5-20(14-18)29-16-22-24-19(17-31-22)15-26(23(27)21-6-3-13-30-21)8-7-25-9-11-28-12-10-25/h2-6,13-14,17H,7-12,15-16H2,1H3. The fourth-order valence-electron chi connectivity index (χ4n) is 3.43. The summed E-state index contributed by atoms with van der Waals surface area (Å²) < 4.78 is 11.3. The number of aromatic nitrogens is 1. The highest BCUT2D eigenvalue weighted by molar-refractivity contribution is 7.12. The summed E-state index contributed by atoms with van der Waals surface area (Å²) in [4.78, 5) is 22.8. The summed E-state index contributed by atoms with van der Waals surface area (Å²) in [6.45, 7) is 7.84. The highest BCUT2D eigenvalue weighted by Gasteiger charge is 2.20. The summed E-state index contributed by atoms with van der Waals surface area (Å²) in [5.41, 5.74) is 2.07. The maximum Gasteiger partial charge on any atom is 0.264 e. The maximum absolute atomic E-state index is 13.1. The molecule has 0 bridgehead atoms. The van der Waals surface area contributed by atoms with Crippen molar-refractivity contribution in [1.82, 2.24) is 14.8 Å². The summed E-state index contributed by atoms with van der Waals surface area (Å²) in [5, 5.41) is 4.88. The van der Waals surface area contributed by atoms with E-state index >= 15 is 0 Å². The zero-order valence-corrected chi connectivity index (χ0v) is 19.3. The molecule has 0 N–H and O–H groups in total. The molecule has 31 heavy (non-hydrogen) atoms. The van der Waals surface area contributed by atoms with Gasteiger partial charge in [-0.15, -0.1) is 22.7 Å². The minimum absolute atomic E-state index is 0.0637. The first-order valence-corrected chi connectivity index (χ1v) is 12.2. The molecule has 0 aliphatic carbocycles. The average molecular weight is 458 g/mol. The van der Waals surface area contributed by atoms with Gasteiger partial charge in [0.2, 0.25) is 0 Å². The number of morpholine rings is 1. The van der Waals surface area contributed by atoms with Crippen LogP contribution >= 0.6 is 22.7 Å². The van der Waals surface area contributed by atoms with Gasteiger partial charge in [0, 0.05) is 31.6 Å². The molecular formula is C23H27N3O3S2. The number of thiazole rings is 1. The lowest BCUT2D eigenvalue weighted by molar-refractivity contribution is 0.0320. The van der Waals surface area contributed by atoms with Crippen molar-refractivity contribution in [2.45, 2.75) is 20.1 Å². The number of benzene rings is 1. The Morgan fingerprint density at radius 3 is 2.87 bits per heavy atom. The van der Waals surface area contributed by atoms with Crippen LogP contribution in [0.5, 0.6) is 5.75 Å². The van der Waals surface area contributed by atoms with Gasteiger partial charge in [0.25, 0.3) is 5.91 Å². The summed E-state index contributed by atoms with van der Waals surface area (Å²) in [6, 6.07) is 11.8. The van der Waals surface area contributed by atoms with Gasteiger partial charge >= 0.3 is 0 Å². The summed E-state index contributed by atoms with van der Waals surface area (Å²) >= 11 is 3.05. The van der Waals surface area contributed by atoms with Gasteiger partial charge in [-0.25, -0.2) is 4.98 Å². The van der Waals surface area contributed by atoms with Crippen molar-refractivity contribution in [3.8, 4) is 5.75 Å². The SMILES string of the molecule is Cc1cccc(OCc2nc(CN(CCN3CCOCC3)C(=O)c3cccs3)cs2)c1. The number of rotatable bonds is 9. The van der Waals surface area contributed by atoms with Gasteiger partial charge in [0.1, 0.15) is 17.4 Å². The van der Waals surface area contributed by atoms with Crippen LogP contribution in [0.3, 0.4) is 0 Å². The first-order valence-electron chi connectivity index (χ1n) is 10.4. The van der Waals surface area contributed by atoms with Crippen molar-refractivity contribution in [3.63, 3.8) is 0 Å². The van der Waals surface area contributed by atoms with Crippen LogP contribution in [-0.4, -0.2) is 60.1 Å². The van der Waals surface area contributed by atoms with Gasteiger partial charge in [-0.2, -0.15) is 0 Å². The van der Waals surface area contributed by atoms with Gasteiger partial charge in [0.05, 0.1) is 30.3 Å². The Labute approximate surface area is 191 Å². The monoisotopic (exact) mass is 457 g/mol. The van der Waals surface area contributed by atoms with Crippen LogP contribution in [0.25, 0.3) is 0 Å². The topological polar surface area (TPSA) is 54.9 Å². The predicted octanol–water partition coefficient (Wildman–Crippen LogP) is 4.07. The lowest BCUT2D eigenvalue weighted by Crippen LogP contribution is -2.42. The lowest BCUT2D eigenvalue weighted by atomic mass is 10.2. The molecule has 1 amide bonds. The number of carbonyl (C=O) groups excluding carboxylic acids is 1. The van der Waals surface area contributed by atoms with Crippen LogP contribution in [0.2, 0.25) is 0 Å². The maximum atomic E-state index is 13.1. The third kappa shape index (κ3) is 6.36. The molecule has 2 aromatic heterocycles. The average Bonchev–Trinajstić information content (AvgIpc) is 3.48. The molecule has 0 unspecified atom stereocenters. The number of hydrogen-bond donors (Lipinski definition) is 0. The van der Waals surface area contributed by atoms with E-state index in [1.54, 1.807) is 11.3 Å². The summed E-state index contributed by atoms with van der Waals surface area (Å²) in [7, 11) is 0. The number of aryl methyl sites for hydroxylation is 1. The molecule has 8 heteroatoms. The molecule has 0 spiro atoms. The van der Waals surface area contributed by atoms with E-state index in [1.165, 1.54) is 16.9 Å². The van der Waals surface area contributed by atoms with Gasteiger partial charge in [-0.05, 0) is 36.1 Å². The van der Waals surface area contributed by atoms with Crippen molar-refractivity contribution < 1.29 is 14.3 Å². The van der Waals surface area contributed by atoms with E-state index in [-0.39, 0.29) is 5.91 Å². The Morgan fingerprint density at radius 2 is 2.10 bits per heavy atom. The fraction of sp³-hybridized carbons (Fsp3) is 0.391. The molecule has 1 aliphatic heterocycles. The minimum Gasteiger partial charge on any atom is -0.486 e. The van der Waals surface area contributed by atoms with Crippen molar-refractivity contribution >= 4 is 28.6 Å². The second kappa shape index (κ2) is 10.9. The quantitative estimate of drug-likeness (QED) is 0.485. The number of amides is 1. The molecule has 1 aromatic carbocycles. The number of ether oxygens (including phenoxy) is 2. The van der Waals surface area contributed by atoms with Crippen LogP contribution in [0, 0.1) is 6.92 Å². The van der Waals surface area contributed by atoms with Crippen molar-refractivity contribution in [3.05, 3.63) is 68.3 Å². The number of nitrogens with zero attached hydrogens (tertiary/aromatic N) is 3. The first-order chi connectivity index (χ1) is 15.2. The van der Waals surface area contributed by atoms with Gasteiger partial charge in [-0.1, -0.05) is 18.2 Å². The molecule has 0 saturated carbocycles. The van der Waals surface area contributed by atoms with Gasteiger partial charge < -0.3 is 14.4 Å². The van der Waals surface area contributed by atoms with Crippen LogP contribution < -0.4 is 4.74 Å². The molecule has 3 heterocycles. The number of thiophene rings is 1. The largest absolute Gasteiger partial charge is 0.486 e. The lowest BCUT2D eigenvalue weighted by Gasteiger charge is -2.29. The number of hydrogen-bond acceptors (Lipinski definition) is 7. The molecular weight excluding hydrogens is 430 g/mol. The summed E-state index contributed by atoms with van der Waals surface area (Å²) in [6.07, 6.45) is 0. The van der Waals surface area contributed by atoms with E-state index in [0.29, 0.717) is 19.7 Å². The smallest absolute Gasteiger partial charge is 0.264 e. The van der Waals surface area contributed by atoms with E-state index in [0.717, 1.165) is 54.2 Å². The van der Waals surface area contributed by atoms with Gasteiger partial charge in [-0.3, -0.25) is 9.69 Å². The first kappa shape index (κ1) is 22.0. The van der Waals surface area contributed by atoms with Crippen molar-refractivity contribution in [1.29, 1.82) is 0 Å². The van der Waals surface area contributed by atoms with Crippen LogP contribution in [-0.2, 0) is 17.9 Å². The molecule has 3 aromatic rings. The second-order valence-electron chi connectivity index (χ2n) is 7.50. The highest BCUT2D eigenvalue weighted by Crippen LogP contribution is 2.19. The molecule has 1 saturated heterocycles. The molecule has 0 atom stereocenters. The normalized spacial score (nSPS) is 14.5. The van der Waals surface area contributed by atoms with Crippen LogP contribution in [0.4, 0.5) is 0 Å². The van der Waals surface area contributed by atoms with Crippen LogP contribution in [0.1, 0.15) is 25.9 Å². The van der Waals surface area contributed by atoms with E-state index in [2.05, 4.69) is 4.90 Å². The fourth-order valence-corrected chi connectivity index (χ4v) is 4.82. The Morgan fingerprint density at radius 1 is 1.23 bits per heavy atom. The van der Waals surface area contributed by atoms with E-state index in [1.807, 2.05) is 59.0 Å². The third-order valence-corrected chi connectivity index (χ3v) is 6.84. The zero-order chi connectivity index (χ0) is 21.5. The van der Waals surface area contributed by atoms with E-state index < -0.39 is 0 Å². The van der Waals surface area contributed by atoms with E-state index in [9.17, 15) is 4.79 Å². The van der Waals surface area contributed by atoms with Crippen molar-refractivity contribution in [2.24, 2.45) is 0 Å². The minimum atomic E-state index is 0.0637. The number of carbonyl (C=O) groups is 1. The Balaban J connectivity index is 1.38. The molecule has 6 nitrogen and oxygen atoms in total. The molecule has 164 valence electrons. The highest BCUT2D eigenvalue weighted by atomic mass is 32.1. The van der Waals surface area contributed by atoms with E-state index in [4.69, 9.17) is 14.5 Å². The molecule has 1 fully saturated rings. The van der Waals surface area contributed by atoms with Crippen LogP contribution in [0.15, 0.2) is 47.2 Å². The third-order valence-electron chi connectivity index (χ3n) is 5.11. The Kier molecular flexibility index (Phi) is 7.69. The summed E-state index contributed by atoms with van der Waals surface area (Å²) in [5.74, 6) is 0.908.